The number of furan rings is 1. The van der Waals surface area contributed by atoms with Crippen molar-refractivity contribution < 1.29 is 24.5 Å². The number of pyridine rings is 2. The normalized spacial score (nSPS) is 10.9. The summed E-state index contributed by atoms with van der Waals surface area (Å²) >= 11 is 0. The van der Waals surface area contributed by atoms with Crippen molar-refractivity contribution >= 4 is 21.9 Å². The first-order chi connectivity index (χ1) is 23.9. The van der Waals surface area contributed by atoms with E-state index in [2.05, 4.69) is 97.5 Å². The molecule has 3 heterocycles. The summed E-state index contributed by atoms with van der Waals surface area (Å²) in [5.74, 6) is 0. The largest absolute Gasteiger partial charge is 0.499 e. The Morgan fingerprint density at radius 2 is 1.34 bits per heavy atom. The van der Waals surface area contributed by atoms with Crippen LogP contribution in [0.4, 0.5) is 0 Å². The molecule has 0 saturated carbocycles. The van der Waals surface area contributed by atoms with E-state index in [1.807, 2.05) is 91.1 Å². The van der Waals surface area contributed by atoms with Gasteiger partial charge in [-0.05, 0) is 45.1 Å². The van der Waals surface area contributed by atoms with Gasteiger partial charge in [0.2, 0.25) is 0 Å². The second-order valence-corrected chi connectivity index (χ2v) is 12.8. The Labute approximate surface area is 306 Å². The van der Waals surface area contributed by atoms with E-state index in [4.69, 9.17) is 4.42 Å². The second-order valence-electron chi connectivity index (χ2n) is 12.8. The molecule has 0 spiro atoms. The molecule has 4 nitrogen and oxygen atoms in total. The Balaban J connectivity index is 0.000000215. The van der Waals surface area contributed by atoms with Gasteiger partial charge in [0.1, 0.15) is 17.2 Å². The van der Waals surface area contributed by atoms with E-state index >= 15 is 0 Å². The first-order valence-corrected chi connectivity index (χ1v) is 16.2. The molecular formula is C45H33IrN3O-2. The Hall–Kier alpha value is -5.66. The molecule has 0 saturated heterocycles. The van der Waals surface area contributed by atoms with Crippen LogP contribution >= 0.6 is 0 Å². The van der Waals surface area contributed by atoms with Crippen LogP contribution in [-0.4, -0.2) is 9.97 Å². The van der Waals surface area contributed by atoms with Crippen molar-refractivity contribution in [3.8, 4) is 50.8 Å². The fraction of sp³-hybridized carbons (Fsp3) is 0.0889. The maximum absolute atomic E-state index is 10.1. The average molecular weight is 824 g/mol. The molecule has 0 aliphatic rings. The third kappa shape index (κ3) is 7.05. The van der Waals surface area contributed by atoms with E-state index in [9.17, 15) is 5.26 Å². The zero-order chi connectivity index (χ0) is 33.8. The Morgan fingerprint density at radius 3 is 2.00 bits per heavy atom. The molecule has 5 aromatic carbocycles. The van der Waals surface area contributed by atoms with Gasteiger partial charge in [0.15, 0.2) is 0 Å². The van der Waals surface area contributed by atoms with Crippen LogP contribution in [-0.2, 0) is 25.5 Å². The third-order valence-corrected chi connectivity index (χ3v) is 8.55. The molecule has 245 valence electrons. The molecule has 50 heavy (non-hydrogen) atoms. The number of nitriles is 1. The quantitative estimate of drug-likeness (QED) is 0.166. The van der Waals surface area contributed by atoms with Crippen molar-refractivity contribution in [2.45, 2.75) is 26.2 Å². The first kappa shape index (κ1) is 34.2. The van der Waals surface area contributed by atoms with Gasteiger partial charge in [-0.15, -0.1) is 54.1 Å². The molecule has 0 unspecified atom stereocenters. The molecule has 0 aliphatic carbocycles. The van der Waals surface area contributed by atoms with E-state index < -0.39 is 0 Å². The van der Waals surface area contributed by atoms with Crippen molar-refractivity contribution in [1.29, 1.82) is 5.26 Å². The fourth-order valence-electron chi connectivity index (χ4n) is 5.88. The molecule has 5 heteroatoms. The topological polar surface area (TPSA) is 62.7 Å². The molecule has 8 aromatic rings. The van der Waals surface area contributed by atoms with Crippen molar-refractivity contribution in [2.24, 2.45) is 0 Å². The summed E-state index contributed by atoms with van der Waals surface area (Å²) < 4.78 is 6.32. The van der Waals surface area contributed by atoms with Gasteiger partial charge in [-0.1, -0.05) is 123 Å². The summed E-state index contributed by atoms with van der Waals surface area (Å²) in [4.78, 5) is 8.94. The Bertz CT molecular complexity index is 2390. The number of aromatic nitrogens is 2. The van der Waals surface area contributed by atoms with Crippen LogP contribution in [0.2, 0.25) is 0 Å². The standard InChI is InChI=1S/C30H17N2O.C15H16N.Ir/c31-19-27-23(22-14-12-21(13-15-22)20-7-2-1-3-8-20)16-17-25-24-9-6-10-26(29(24)33-30(25)27)28-11-4-5-18-32-28;1-15(2,3)13-9-10-14(16-11-13)12-7-5-4-6-8-12;/h1-9,11-18H;4-7,9-11H,1-3H3;/q2*-1;. The van der Waals surface area contributed by atoms with E-state index in [0.717, 1.165) is 55.5 Å². The molecule has 3 aromatic heterocycles. The number of benzene rings is 5. The fourth-order valence-corrected chi connectivity index (χ4v) is 5.88. The predicted octanol–water partition coefficient (Wildman–Crippen LogP) is 11.5. The zero-order valence-corrected chi connectivity index (χ0v) is 30.3. The summed E-state index contributed by atoms with van der Waals surface area (Å²) in [6.45, 7) is 6.58. The van der Waals surface area contributed by atoms with Gasteiger partial charge < -0.3 is 14.4 Å². The van der Waals surface area contributed by atoms with E-state index in [1.165, 1.54) is 5.56 Å². The minimum atomic E-state index is 0. The van der Waals surface area contributed by atoms with Gasteiger partial charge in [0.05, 0.1) is 5.58 Å². The van der Waals surface area contributed by atoms with Crippen LogP contribution in [0.3, 0.4) is 0 Å². The minimum Gasteiger partial charge on any atom is -0.499 e. The molecule has 0 aliphatic heterocycles. The predicted molar refractivity (Wildman–Crippen MR) is 199 cm³/mol. The number of rotatable bonds is 4. The van der Waals surface area contributed by atoms with Gasteiger partial charge in [-0.3, -0.25) is 0 Å². The van der Waals surface area contributed by atoms with Gasteiger partial charge in [-0.25, -0.2) is 0 Å². The summed E-state index contributed by atoms with van der Waals surface area (Å²) in [5, 5.41) is 12.0. The van der Waals surface area contributed by atoms with Crippen molar-refractivity contribution in [2.75, 3.05) is 0 Å². The minimum absolute atomic E-state index is 0. The maximum atomic E-state index is 10.1. The van der Waals surface area contributed by atoms with Crippen molar-refractivity contribution in [3.63, 3.8) is 0 Å². The molecule has 1 radical (unpaired) electrons. The molecular weight excluding hydrogens is 791 g/mol. The van der Waals surface area contributed by atoms with Crippen molar-refractivity contribution in [3.05, 3.63) is 169 Å². The number of nitrogens with zero attached hydrogens (tertiary/aromatic N) is 3. The van der Waals surface area contributed by atoms with Crippen LogP contribution in [0.5, 0.6) is 0 Å². The number of hydrogen-bond donors (Lipinski definition) is 0. The van der Waals surface area contributed by atoms with Crippen LogP contribution in [0.15, 0.2) is 150 Å². The van der Waals surface area contributed by atoms with Gasteiger partial charge in [0.25, 0.3) is 0 Å². The molecule has 0 N–H and O–H groups in total. The van der Waals surface area contributed by atoms with E-state index in [1.54, 1.807) is 6.20 Å². The summed E-state index contributed by atoms with van der Waals surface area (Å²) in [6, 6.07) is 53.1. The van der Waals surface area contributed by atoms with Gasteiger partial charge in [-0.2, -0.15) is 5.26 Å². The van der Waals surface area contributed by atoms with Gasteiger partial charge in [0, 0.05) is 43.4 Å². The van der Waals surface area contributed by atoms with E-state index in [-0.39, 0.29) is 25.5 Å². The smallest absolute Gasteiger partial charge is 0.139 e. The van der Waals surface area contributed by atoms with Crippen LogP contribution in [0.25, 0.3) is 66.7 Å². The molecule has 0 amide bonds. The van der Waals surface area contributed by atoms with Crippen molar-refractivity contribution in [1.82, 2.24) is 9.97 Å². The number of hydrogen-bond acceptors (Lipinski definition) is 4. The van der Waals surface area contributed by atoms with Crippen LogP contribution in [0.1, 0.15) is 31.9 Å². The van der Waals surface area contributed by atoms with Crippen LogP contribution < -0.4 is 0 Å². The summed E-state index contributed by atoms with van der Waals surface area (Å²) in [7, 11) is 0. The molecule has 8 rings (SSSR count). The summed E-state index contributed by atoms with van der Waals surface area (Å²) in [6.07, 6.45) is 3.71. The molecule has 0 atom stereocenters. The molecule has 0 fully saturated rings. The first-order valence-electron chi connectivity index (χ1n) is 16.2. The van der Waals surface area contributed by atoms with E-state index in [0.29, 0.717) is 16.7 Å². The number of fused-ring (bicyclic) bond motifs is 3. The SMILES string of the molecule is CC(C)(C)c1ccc(-c2[c-]cccc2)nc1.N#Cc1c(-c2ccc(-c3ccccc3)cc2)ccc2c1oc1c(-c3ccccn3)[c-]ccc12.[Ir]. The summed E-state index contributed by atoms with van der Waals surface area (Å²) in [5.41, 5.74) is 11.0. The van der Waals surface area contributed by atoms with Crippen LogP contribution in [0, 0.1) is 23.5 Å². The average Bonchev–Trinajstić information content (AvgIpc) is 3.55. The Kier molecular flexibility index (Phi) is 10.2. The monoisotopic (exact) mass is 824 g/mol. The maximum Gasteiger partial charge on any atom is 0.139 e. The molecule has 0 bridgehead atoms. The van der Waals surface area contributed by atoms with Gasteiger partial charge >= 0.3 is 0 Å². The zero-order valence-electron chi connectivity index (χ0n) is 27.9. The second kappa shape index (κ2) is 14.8. The Morgan fingerprint density at radius 1 is 0.620 bits per heavy atom. The third-order valence-electron chi connectivity index (χ3n) is 8.55.